The number of rotatable bonds is 0. The summed E-state index contributed by atoms with van der Waals surface area (Å²) in [5.41, 5.74) is 0. The fourth-order valence-corrected chi connectivity index (χ4v) is 0. The fraction of sp³-hybridized carbons (Fsp3) is 0. The molecule has 0 aromatic rings. The van der Waals surface area contributed by atoms with Gasteiger partial charge in [0.15, 0.2) is 0 Å². The zero-order valence-corrected chi connectivity index (χ0v) is 27.4. The lowest BCUT2D eigenvalue weighted by atomic mass is 127. The average Bonchev–Trinajstić information content (AvgIpc) is 0. The van der Waals surface area contributed by atoms with Gasteiger partial charge in [-0.15, -0.1) is 240 Å². The van der Waals surface area contributed by atoms with Gasteiger partial charge < -0.3 is 0 Å². The van der Waals surface area contributed by atoms with Crippen LogP contribution in [0.25, 0.3) is 0 Å². The van der Waals surface area contributed by atoms with Gasteiger partial charge in [-0.1, -0.05) is 0 Å². The molecule has 0 aliphatic carbocycles. The van der Waals surface area contributed by atoms with Crippen molar-refractivity contribution in [3.8, 4) is 0 Å². The molecule has 80 valence electrons. The van der Waals surface area contributed by atoms with Crippen LogP contribution in [0.4, 0.5) is 0 Å². The fourth-order valence-electron chi connectivity index (χ4n) is 0. The lowest BCUT2D eigenvalue weighted by molar-refractivity contribution is 14.0. The van der Waals surface area contributed by atoms with Crippen LogP contribution in [0.15, 0.2) is 0 Å². The largest absolute Gasteiger partial charge is 0.107 e. The molecule has 0 saturated carbocycles. The summed E-state index contributed by atoms with van der Waals surface area (Å²) < 4.78 is 0. The second kappa shape index (κ2) is 71.6. The van der Waals surface area contributed by atoms with Crippen LogP contribution in [0, 0.1) is 0 Å². The van der Waals surface area contributed by atoms with Crippen LogP contribution in [0.2, 0.25) is 0 Å². The molecule has 0 heterocycles. The van der Waals surface area contributed by atoms with Gasteiger partial charge in [-0.3, -0.25) is 0 Å². The maximum Gasteiger partial charge on any atom is -0.107 e. The molecule has 0 radical (unpaired) electrons. The molecule has 10 heteroatoms. The highest BCUT2D eigenvalue weighted by Gasteiger charge is -0.0985. The van der Waals surface area contributed by atoms with E-state index in [0.29, 0.717) is 0 Å². The maximum absolute atomic E-state index is 0. The maximum atomic E-state index is 0. The minimum atomic E-state index is 0. The Bertz CT molecular complexity index is 0. The minimum absolute atomic E-state index is 0. The Balaban J connectivity index is 0. The van der Waals surface area contributed by atoms with Crippen molar-refractivity contribution in [2.45, 2.75) is 0 Å². The van der Waals surface area contributed by atoms with E-state index in [9.17, 15) is 0 Å². The first-order valence-corrected chi connectivity index (χ1v) is 0. The molecule has 0 nitrogen and oxygen atoms in total. The summed E-state index contributed by atoms with van der Waals surface area (Å²) in [6.07, 6.45) is 0. The Morgan fingerprint density at radius 1 is 0.100 bits per heavy atom. The monoisotopic (exact) mass is 1280 g/mol. The quantitative estimate of drug-likeness (QED) is 0.255. The van der Waals surface area contributed by atoms with Crippen LogP contribution in [0.3, 0.4) is 0 Å². The second-order valence-electron chi connectivity index (χ2n) is 0. The normalized spacial score (nSPS) is 0. The molecule has 0 unspecified atom stereocenters. The van der Waals surface area contributed by atoms with E-state index < -0.39 is 0 Å². The van der Waals surface area contributed by atoms with E-state index in [-0.39, 0.29) is 240 Å². The molecule has 10 heavy (non-hydrogen) atoms. The zero-order chi connectivity index (χ0) is 0. The summed E-state index contributed by atoms with van der Waals surface area (Å²) >= 11 is 0. The molecule has 0 aliphatic rings. The van der Waals surface area contributed by atoms with Crippen LogP contribution in [0.5, 0.6) is 0 Å². The molecule has 0 spiro atoms. The summed E-state index contributed by atoms with van der Waals surface area (Å²) in [5.74, 6) is 0. The van der Waals surface area contributed by atoms with Gasteiger partial charge in [0, 0.05) is 0 Å². The summed E-state index contributed by atoms with van der Waals surface area (Å²) in [6.45, 7) is 0. The third kappa shape index (κ3) is 58.7. The van der Waals surface area contributed by atoms with Crippen LogP contribution < -0.4 is 0 Å². The van der Waals surface area contributed by atoms with Gasteiger partial charge in [-0.25, -0.2) is 0 Å². The summed E-state index contributed by atoms with van der Waals surface area (Å²) in [6, 6.07) is 0. The summed E-state index contributed by atoms with van der Waals surface area (Å²) in [4.78, 5) is 0. The van der Waals surface area contributed by atoms with Gasteiger partial charge in [-0.05, 0) is 0 Å². The first-order chi connectivity index (χ1) is 0. The topological polar surface area (TPSA) is 0 Å². The number of hydrogen-bond donors (Lipinski definition) is 0. The third-order valence-corrected chi connectivity index (χ3v) is 0. The molecule has 0 aromatic carbocycles. The van der Waals surface area contributed by atoms with Crippen molar-refractivity contribution < 1.29 is 0 Å². The first-order valence-electron chi connectivity index (χ1n) is 0. The van der Waals surface area contributed by atoms with E-state index in [1.54, 1.807) is 0 Å². The lowest BCUT2D eigenvalue weighted by Gasteiger charge is -0.108. The van der Waals surface area contributed by atoms with Crippen molar-refractivity contribution in [2.24, 2.45) is 0 Å². The van der Waals surface area contributed by atoms with Crippen molar-refractivity contribution in [2.75, 3.05) is 0 Å². The van der Waals surface area contributed by atoms with Crippen LogP contribution in [-0.2, 0) is 0 Å². The second-order valence-corrected chi connectivity index (χ2v) is 0. The third-order valence-electron chi connectivity index (χ3n) is 0. The van der Waals surface area contributed by atoms with Gasteiger partial charge in [0.2, 0.25) is 0 Å². The molecule has 0 N–H and O–H groups in total. The molecule has 0 atom stereocenters. The van der Waals surface area contributed by atoms with Gasteiger partial charge in [0.25, 0.3) is 0 Å². The molecule has 0 fully saturated rings. The van der Waals surface area contributed by atoms with Gasteiger partial charge in [0.1, 0.15) is 0 Å². The highest BCUT2D eigenvalue weighted by molar-refractivity contribution is 14.0. The van der Waals surface area contributed by atoms with Crippen LogP contribution >= 0.6 is 240 Å². The van der Waals surface area contributed by atoms with Crippen molar-refractivity contribution >= 4 is 240 Å². The van der Waals surface area contributed by atoms with Gasteiger partial charge >= 0.3 is 0 Å². The van der Waals surface area contributed by atoms with E-state index in [1.165, 1.54) is 0 Å². The molecule has 0 saturated heterocycles. The van der Waals surface area contributed by atoms with E-state index >= 15 is 0 Å². The highest BCUT2D eigenvalue weighted by Crippen LogP contribution is 0.895. The van der Waals surface area contributed by atoms with Crippen molar-refractivity contribution in [3.63, 3.8) is 0 Å². The Kier molecular flexibility index (Phi) is 618. The molecule has 0 bridgehead atoms. The predicted molar refractivity (Wildman–Crippen MR) is 154 cm³/mol. The van der Waals surface area contributed by atoms with Crippen molar-refractivity contribution in [1.29, 1.82) is 0 Å². The van der Waals surface area contributed by atoms with Gasteiger partial charge in [0.05, 0.1) is 0 Å². The molecule has 0 rings (SSSR count). The Hall–Kier alpha value is 7.30. The molecule has 0 aromatic heterocycles. The molecular weight excluding hydrogens is 1270 g/mol. The summed E-state index contributed by atoms with van der Waals surface area (Å²) in [7, 11) is 0. The Morgan fingerprint density at radius 2 is 0.100 bits per heavy atom. The average molecular weight is 1280 g/mol. The van der Waals surface area contributed by atoms with Crippen LogP contribution in [-0.4, -0.2) is 0 Å². The first kappa shape index (κ1) is 86.3. The SMILES string of the molecule is I.I.I.I.I.I.I.I.I.I. The van der Waals surface area contributed by atoms with Crippen molar-refractivity contribution in [3.05, 3.63) is 0 Å². The molecular formula is H10I10. The zero-order valence-electron chi connectivity index (χ0n) is 4.08. The Labute approximate surface area is 233 Å². The number of hydrogen-bond acceptors (Lipinski definition) is 0. The number of halogens is 10. The smallest absolute Gasteiger partial charge is 0.107 e. The van der Waals surface area contributed by atoms with E-state index in [1.807, 2.05) is 0 Å². The molecule has 0 amide bonds. The lowest BCUT2D eigenvalue weighted by Crippen LogP contribution is 0.885. The van der Waals surface area contributed by atoms with E-state index in [2.05, 4.69) is 0 Å². The highest BCUT2D eigenvalue weighted by atomic mass is 127. The van der Waals surface area contributed by atoms with Crippen molar-refractivity contribution in [1.82, 2.24) is 0 Å². The minimum Gasteiger partial charge on any atom is -0.107 e. The van der Waals surface area contributed by atoms with Gasteiger partial charge in [-0.2, -0.15) is 0 Å². The van der Waals surface area contributed by atoms with E-state index in [0.717, 1.165) is 0 Å². The van der Waals surface area contributed by atoms with Crippen LogP contribution in [0.1, 0.15) is 0 Å². The predicted octanol–water partition coefficient (Wildman–Crippen LogP) is 6.18. The Morgan fingerprint density at radius 3 is 0.100 bits per heavy atom. The summed E-state index contributed by atoms with van der Waals surface area (Å²) in [5, 5.41) is 0. The van der Waals surface area contributed by atoms with E-state index in [4.69, 9.17) is 0 Å². The standard InChI is InChI=1S/10HI/h10*1H. The molecule has 0 aliphatic heterocycles.